The van der Waals surface area contributed by atoms with Crippen LogP contribution in [0.3, 0.4) is 0 Å². The van der Waals surface area contributed by atoms with Gasteiger partial charge in [-0.3, -0.25) is 9.59 Å². The fourth-order valence-electron chi connectivity index (χ4n) is 4.03. The molecule has 1 N–H and O–H groups in total. The number of fused-ring (bicyclic) bond motifs is 3. The van der Waals surface area contributed by atoms with Crippen LogP contribution in [-0.2, 0) is 9.59 Å². The van der Waals surface area contributed by atoms with Gasteiger partial charge in [-0.25, -0.2) is 14.9 Å². The second-order valence-corrected chi connectivity index (χ2v) is 9.25. The molecule has 35 heavy (non-hydrogen) atoms. The number of benzene rings is 3. The molecule has 7 nitrogen and oxygen atoms in total. The quantitative estimate of drug-likeness (QED) is 0.523. The van der Waals surface area contributed by atoms with E-state index in [1.807, 2.05) is 61.5 Å². The number of methoxy groups -OCH3 is 1. The summed E-state index contributed by atoms with van der Waals surface area (Å²) in [6, 6.07) is 23.7. The van der Waals surface area contributed by atoms with Crippen LogP contribution in [0.5, 0.6) is 5.75 Å². The van der Waals surface area contributed by atoms with Gasteiger partial charge in [0.15, 0.2) is 11.2 Å². The highest BCUT2D eigenvalue weighted by Gasteiger charge is 2.43. The van der Waals surface area contributed by atoms with E-state index in [2.05, 4.69) is 5.32 Å². The van der Waals surface area contributed by atoms with E-state index in [-0.39, 0.29) is 11.8 Å². The summed E-state index contributed by atoms with van der Waals surface area (Å²) in [4.78, 5) is 37.8. The molecule has 0 radical (unpaired) electrons. The Morgan fingerprint density at radius 3 is 2.49 bits per heavy atom. The van der Waals surface area contributed by atoms with Gasteiger partial charge < -0.3 is 10.1 Å². The number of aliphatic imine (C=N–C) groups is 2. The van der Waals surface area contributed by atoms with Crippen LogP contribution in [0.4, 0.5) is 11.4 Å². The molecular formula is C27H24N4O3S. The number of hydrogen-bond acceptors (Lipinski definition) is 6. The zero-order chi connectivity index (χ0) is 24.4. The van der Waals surface area contributed by atoms with E-state index in [1.165, 1.54) is 11.8 Å². The Morgan fingerprint density at radius 2 is 1.77 bits per heavy atom. The van der Waals surface area contributed by atoms with E-state index in [4.69, 9.17) is 14.7 Å². The lowest BCUT2D eigenvalue weighted by Gasteiger charge is -2.27. The highest BCUT2D eigenvalue weighted by molar-refractivity contribution is 8.15. The van der Waals surface area contributed by atoms with Crippen LogP contribution in [0, 0.1) is 0 Å². The number of rotatable bonds is 6. The zero-order valence-corrected chi connectivity index (χ0v) is 20.2. The first kappa shape index (κ1) is 22.9. The van der Waals surface area contributed by atoms with Crippen LogP contribution in [0.1, 0.15) is 30.5 Å². The molecule has 0 spiro atoms. The van der Waals surface area contributed by atoms with Crippen molar-refractivity contribution in [3.63, 3.8) is 0 Å². The molecule has 0 fully saturated rings. The standard InChI is InChI=1S/C27H24N4O3S/c1-3-22(25(32)28-18-13-15-19(34-2)16-14-18)35-27-29-21-12-8-7-11-20(21)24-30-23(26(33)31(24)27)17-9-5-4-6-10-17/h4-16,22-23H,3H2,1-2H3,(H,28,32)/t22-,23-/m0/s1. The second kappa shape index (κ2) is 9.76. The number of carbonyl (C=O) groups excluding carboxylic acids is 2. The first-order valence-corrected chi connectivity index (χ1v) is 12.2. The van der Waals surface area contributed by atoms with Crippen LogP contribution < -0.4 is 10.1 Å². The Bertz CT molecular complexity index is 1320. The maximum absolute atomic E-state index is 13.6. The Labute approximate surface area is 207 Å². The Morgan fingerprint density at radius 1 is 1.06 bits per heavy atom. The number of amidine groups is 2. The van der Waals surface area contributed by atoms with Crippen molar-refractivity contribution >= 4 is 46.0 Å². The number of anilines is 1. The molecule has 3 aromatic rings. The van der Waals surface area contributed by atoms with E-state index in [9.17, 15) is 9.59 Å². The minimum Gasteiger partial charge on any atom is -0.497 e. The number of ether oxygens (including phenoxy) is 1. The van der Waals surface area contributed by atoms with Crippen molar-refractivity contribution in [3.05, 3.63) is 90.0 Å². The third-order valence-corrected chi connectivity index (χ3v) is 7.17. The first-order valence-electron chi connectivity index (χ1n) is 11.4. The van der Waals surface area contributed by atoms with Gasteiger partial charge in [0.05, 0.1) is 18.0 Å². The van der Waals surface area contributed by atoms with Gasteiger partial charge in [0, 0.05) is 11.3 Å². The minimum atomic E-state index is -0.642. The van der Waals surface area contributed by atoms with Crippen molar-refractivity contribution in [3.8, 4) is 5.75 Å². The highest BCUT2D eigenvalue weighted by atomic mass is 32.2. The predicted octanol–water partition coefficient (Wildman–Crippen LogP) is 5.18. The predicted molar refractivity (Wildman–Crippen MR) is 139 cm³/mol. The molecule has 176 valence electrons. The molecule has 0 saturated carbocycles. The molecule has 8 heteroatoms. The van der Waals surface area contributed by atoms with Crippen LogP contribution in [-0.4, -0.2) is 40.1 Å². The van der Waals surface area contributed by atoms with Crippen LogP contribution in [0.2, 0.25) is 0 Å². The van der Waals surface area contributed by atoms with Crippen molar-refractivity contribution in [1.82, 2.24) is 4.90 Å². The van der Waals surface area contributed by atoms with Gasteiger partial charge in [-0.05, 0) is 48.4 Å². The third kappa shape index (κ3) is 4.44. The fourth-order valence-corrected chi connectivity index (χ4v) is 5.05. The average Bonchev–Trinajstić information content (AvgIpc) is 3.25. The van der Waals surface area contributed by atoms with Crippen molar-refractivity contribution in [2.24, 2.45) is 9.98 Å². The number of amides is 2. The largest absolute Gasteiger partial charge is 0.497 e. The molecule has 5 rings (SSSR count). The molecule has 2 aliphatic heterocycles. The molecule has 2 heterocycles. The molecule has 2 atom stereocenters. The second-order valence-electron chi connectivity index (χ2n) is 8.08. The number of nitrogens with zero attached hydrogens (tertiary/aromatic N) is 3. The number of hydrogen-bond donors (Lipinski definition) is 1. The molecule has 0 aromatic heterocycles. The minimum absolute atomic E-state index is 0.158. The first-order chi connectivity index (χ1) is 17.1. The maximum Gasteiger partial charge on any atom is 0.263 e. The summed E-state index contributed by atoms with van der Waals surface area (Å²) in [5, 5.41) is 2.96. The van der Waals surface area contributed by atoms with Crippen LogP contribution in [0.15, 0.2) is 88.8 Å². The summed E-state index contributed by atoms with van der Waals surface area (Å²) in [6.45, 7) is 1.94. The van der Waals surface area contributed by atoms with Crippen molar-refractivity contribution in [2.75, 3.05) is 12.4 Å². The smallest absolute Gasteiger partial charge is 0.263 e. The van der Waals surface area contributed by atoms with Gasteiger partial charge in [0.2, 0.25) is 5.91 Å². The SMILES string of the molecule is CC[C@H](SC1=Nc2ccccc2C2=N[C@@H](c3ccccc3)C(=O)N12)C(=O)Nc1ccc(OC)cc1. The van der Waals surface area contributed by atoms with Crippen molar-refractivity contribution in [1.29, 1.82) is 0 Å². The summed E-state index contributed by atoms with van der Waals surface area (Å²) in [7, 11) is 1.60. The summed E-state index contributed by atoms with van der Waals surface area (Å²) in [6.07, 6.45) is 0.559. The van der Waals surface area contributed by atoms with Crippen molar-refractivity contribution < 1.29 is 14.3 Å². The molecule has 0 bridgehead atoms. The van der Waals surface area contributed by atoms with Gasteiger partial charge in [-0.1, -0.05) is 61.2 Å². The molecule has 0 saturated heterocycles. The monoisotopic (exact) mass is 484 g/mol. The van der Waals surface area contributed by atoms with Crippen LogP contribution in [0.25, 0.3) is 0 Å². The molecule has 0 aliphatic carbocycles. The summed E-state index contributed by atoms with van der Waals surface area (Å²) in [5.41, 5.74) is 3.04. The Hall–Kier alpha value is -3.91. The summed E-state index contributed by atoms with van der Waals surface area (Å²) in [5.74, 6) is 0.959. The lowest BCUT2D eigenvalue weighted by atomic mass is 10.1. The third-order valence-electron chi connectivity index (χ3n) is 5.85. The van der Waals surface area contributed by atoms with E-state index < -0.39 is 11.3 Å². The Kier molecular flexibility index (Phi) is 6.37. The number of carbonyl (C=O) groups is 2. The van der Waals surface area contributed by atoms with Crippen molar-refractivity contribution in [2.45, 2.75) is 24.6 Å². The zero-order valence-electron chi connectivity index (χ0n) is 19.3. The summed E-state index contributed by atoms with van der Waals surface area (Å²) >= 11 is 1.28. The molecule has 2 aliphatic rings. The lowest BCUT2D eigenvalue weighted by molar-refractivity contribution is -0.124. The number of para-hydroxylation sites is 1. The van der Waals surface area contributed by atoms with Gasteiger partial charge in [0.25, 0.3) is 5.91 Å². The van der Waals surface area contributed by atoms with Gasteiger partial charge >= 0.3 is 0 Å². The molecule has 2 amide bonds. The van der Waals surface area contributed by atoms with Gasteiger partial charge in [-0.2, -0.15) is 0 Å². The van der Waals surface area contributed by atoms with E-state index >= 15 is 0 Å². The average molecular weight is 485 g/mol. The van der Waals surface area contributed by atoms with Gasteiger partial charge in [0.1, 0.15) is 11.6 Å². The maximum atomic E-state index is 13.6. The van der Waals surface area contributed by atoms with E-state index in [0.29, 0.717) is 28.9 Å². The normalized spacial score (nSPS) is 17.1. The number of thioether (sulfide) groups is 1. The molecular weight excluding hydrogens is 460 g/mol. The molecule has 3 aromatic carbocycles. The van der Waals surface area contributed by atoms with E-state index in [1.54, 1.807) is 36.3 Å². The lowest BCUT2D eigenvalue weighted by Crippen LogP contribution is -2.41. The topological polar surface area (TPSA) is 83.4 Å². The Balaban J connectivity index is 1.43. The fraction of sp³-hybridized carbons (Fsp3) is 0.185. The van der Waals surface area contributed by atoms with E-state index in [0.717, 1.165) is 16.8 Å². The van der Waals surface area contributed by atoms with Gasteiger partial charge in [-0.15, -0.1) is 0 Å². The van der Waals surface area contributed by atoms with Crippen LogP contribution >= 0.6 is 11.8 Å². The molecule has 0 unspecified atom stereocenters. The highest BCUT2D eigenvalue weighted by Crippen LogP contribution is 2.38. The summed E-state index contributed by atoms with van der Waals surface area (Å²) < 4.78 is 5.18. The number of nitrogens with one attached hydrogen (secondary N) is 1.